The van der Waals surface area contributed by atoms with Gasteiger partial charge in [-0.3, -0.25) is 4.79 Å². The Balaban J connectivity index is 1.85. The molecular weight excluding hydrogens is 250 g/mol. The van der Waals surface area contributed by atoms with Gasteiger partial charge in [0.2, 0.25) is 5.91 Å². The highest BCUT2D eigenvalue weighted by atomic mass is 35.5. The van der Waals surface area contributed by atoms with Crippen LogP contribution in [0, 0.1) is 0 Å². The molecule has 0 aliphatic carbocycles. The van der Waals surface area contributed by atoms with Crippen molar-refractivity contribution in [2.24, 2.45) is 0 Å². The third-order valence-corrected chi connectivity index (χ3v) is 3.30. The average molecular weight is 262 g/mol. The lowest BCUT2D eigenvalue weighted by Gasteiger charge is -2.16. The molecule has 1 amide bonds. The topological polar surface area (TPSA) is 38.1 Å². The van der Waals surface area contributed by atoms with Crippen molar-refractivity contribution in [3.8, 4) is 5.69 Å². The first-order chi connectivity index (χ1) is 8.74. The molecule has 4 nitrogen and oxygen atoms in total. The van der Waals surface area contributed by atoms with Gasteiger partial charge in [0.1, 0.15) is 0 Å². The van der Waals surface area contributed by atoms with Crippen LogP contribution in [0.15, 0.2) is 42.7 Å². The first kappa shape index (κ1) is 11.3. The Morgan fingerprint density at radius 2 is 1.94 bits per heavy atom. The van der Waals surface area contributed by atoms with Crippen molar-refractivity contribution in [2.75, 3.05) is 11.4 Å². The number of rotatable bonds is 2. The molecular formula is C13H12ClN3O. The fourth-order valence-electron chi connectivity index (χ4n) is 2.12. The second kappa shape index (κ2) is 4.46. The van der Waals surface area contributed by atoms with E-state index in [0.29, 0.717) is 13.0 Å². The van der Waals surface area contributed by atoms with Crippen LogP contribution in [0.25, 0.3) is 5.69 Å². The zero-order valence-electron chi connectivity index (χ0n) is 9.66. The molecule has 1 aromatic heterocycles. The van der Waals surface area contributed by atoms with Crippen molar-refractivity contribution in [1.82, 2.24) is 9.78 Å². The Hall–Kier alpha value is -1.81. The minimum absolute atomic E-state index is 0.0803. The van der Waals surface area contributed by atoms with Gasteiger partial charge in [-0.1, -0.05) is 0 Å². The van der Waals surface area contributed by atoms with Gasteiger partial charge in [0.25, 0.3) is 0 Å². The van der Waals surface area contributed by atoms with Crippen molar-refractivity contribution in [1.29, 1.82) is 0 Å². The van der Waals surface area contributed by atoms with E-state index in [2.05, 4.69) is 5.10 Å². The SMILES string of the molecule is O=C1CC(Cl)CN1c1ccc(-n2cccn2)cc1. The van der Waals surface area contributed by atoms with E-state index in [1.807, 2.05) is 36.5 Å². The van der Waals surface area contributed by atoms with Gasteiger partial charge in [-0.25, -0.2) is 4.68 Å². The van der Waals surface area contributed by atoms with Crippen LogP contribution in [0.3, 0.4) is 0 Å². The maximum Gasteiger partial charge on any atom is 0.228 e. The number of aromatic nitrogens is 2. The third-order valence-electron chi connectivity index (χ3n) is 3.01. The molecule has 1 aliphatic rings. The quantitative estimate of drug-likeness (QED) is 0.778. The summed E-state index contributed by atoms with van der Waals surface area (Å²) in [5.74, 6) is 0.0850. The Morgan fingerprint density at radius 1 is 1.22 bits per heavy atom. The van der Waals surface area contributed by atoms with E-state index in [4.69, 9.17) is 11.6 Å². The number of hydrogen-bond acceptors (Lipinski definition) is 2. The second-order valence-electron chi connectivity index (χ2n) is 4.27. The monoisotopic (exact) mass is 261 g/mol. The number of carbonyl (C=O) groups excluding carboxylic acids is 1. The first-order valence-electron chi connectivity index (χ1n) is 5.78. The molecule has 3 rings (SSSR count). The maximum atomic E-state index is 11.7. The summed E-state index contributed by atoms with van der Waals surface area (Å²) in [6.45, 7) is 0.585. The van der Waals surface area contributed by atoms with Gasteiger partial charge in [0.05, 0.1) is 11.1 Å². The lowest BCUT2D eigenvalue weighted by molar-refractivity contribution is -0.117. The minimum Gasteiger partial charge on any atom is -0.311 e. The summed E-state index contributed by atoms with van der Waals surface area (Å²) < 4.78 is 1.78. The van der Waals surface area contributed by atoms with Gasteiger partial charge >= 0.3 is 0 Å². The highest BCUT2D eigenvalue weighted by molar-refractivity contribution is 6.24. The van der Waals surface area contributed by atoms with Crippen molar-refractivity contribution in [3.63, 3.8) is 0 Å². The fourth-order valence-corrected chi connectivity index (χ4v) is 2.39. The summed E-state index contributed by atoms with van der Waals surface area (Å²) >= 11 is 5.99. The van der Waals surface area contributed by atoms with Gasteiger partial charge in [-0.05, 0) is 30.3 Å². The molecule has 2 heterocycles. The van der Waals surface area contributed by atoms with E-state index in [9.17, 15) is 4.79 Å². The first-order valence-corrected chi connectivity index (χ1v) is 6.22. The molecule has 0 spiro atoms. The molecule has 0 saturated carbocycles. The van der Waals surface area contributed by atoms with E-state index in [0.717, 1.165) is 11.4 Å². The van der Waals surface area contributed by atoms with Crippen molar-refractivity contribution < 1.29 is 4.79 Å². The van der Waals surface area contributed by atoms with Crippen LogP contribution in [0.2, 0.25) is 0 Å². The van der Waals surface area contributed by atoms with Crippen LogP contribution in [0.1, 0.15) is 6.42 Å². The largest absolute Gasteiger partial charge is 0.311 e. The van der Waals surface area contributed by atoms with Crippen molar-refractivity contribution >= 4 is 23.2 Å². The van der Waals surface area contributed by atoms with Crippen LogP contribution in [0.5, 0.6) is 0 Å². The molecule has 0 N–H and O–H groups in total. The Labute approximate surface area is 110 Å². The smallest absolute Gasteiger partial charge is 0.228 e. The molecule has 1 unspecified atom stereocenters. The van der Waals surface area contributed by atoms with Gasteiger partial charge in [0.15, 0.2) is 0 Å². The molecule has 1 atom stereocenters. The maximum absolute atomic E-state index is 11.7. The fraction of sp³-hybridized carbons (Fsp3) is 0.231. The molecule has 0 radical (unpaired) electrons. The summed E-state index contributed by atoms with van der Waals surface area (Å²) in [6, 6.07) is 9.60. The predicted octanol–water partition coefficient (Wildman–Crippen LogP) is 2.22. The van der Waals surface area contributed by atoms with E-state index in [1.54, 1.807) is 15.8 Å². The zero-order chi connectivity index (χ0) is 12.5. The van der Waals surface area contributed by atoms with Crippen LogP contribution in [-0.4, -0.2) is 27.6 Å². The molecule has 1 saturated heterocycles. The Kier molecular flexibility index (Phi) is 2.80. The van der Waals surface area contributed by atoms with Crippen LogP contribution < -0.4 is 4.90 Å². The Morgan fingerprint density at radius 3 is 2.50 bits per heavy atom. The predicted molar refractivity (Wildman–Crippen MR) is 70.2 cm³/mol. The van der Waals surface area contributed by atoms with Crippen LogP contribution >= 0.6 is 11.6 Å². The van der Waals surface area contributed by atoms with Crippen LogP contribution in [0.4, 0.5) is 5.69 Å². The number of halogens is 1. The number of nitrogens with zero attached hydrogens (tertiary/aromatic N) is 3. The zero-order valence-corrected chi connectivity index (χ0v) is 10.4. The van der Waals surface area contributed by atoms with E-state index in [1.165, 1.54) is 0 Å². The molecule has 1 aromatic carbocycles. The Bertz CT molecular complexity index is 550. The number of benzene rings is 1. The van der Waals surface area contributed by atoms with E-state index < -0.39 is 0 Å². The number of anilines is 1. The van der Waals surface area contributed by atoms with Gasteiger partial charge < -0.3 is 4.90 Å². The third kappa shape index (κ3) is 1.99. The number of alkyl halides is 1. The second-order valence-corrected chi connectivity index (χ2v) is 4.89. The van der Waals surface area contributed by atoms with E-state index in [-0.39, 0.29) is 11.3 Å². The van der Waals surface area contributed by atoms with Gasteiger partial charge in [-0.2, -0.15) is 5.10 Å². The molecule has 1 fully saturated rings. The van der Waals surface area contributed by atoms with Gasteiger partial charge in [0, 0.05) is 31.0 Å². The molecule has 18 heavy (non-hydrogen) atoms. The van der Waals surface area contributed by atoms with Crippen molar-refractivity contribution in [3.05, 3.63) is 42.7 Å². The summed E-state index contributed by atoms with van der Waals surface area (Å²) in [5, 5.41) is 4.08. The standard InChI is InChI=1S/C13H12ClN3O/c14-10-8-13(18)16(9-10)11-2-4-12(5-3-11)17-7-1-6-15-17/h1-7,10H,8-9H2. The average Bonchev–Trinajstić information content (AvgIpc) is 2.99. The normalized spacial score (nSPS) is 19.5. The molecule has 92 valence electrons. The number of hydrogen-bond donors (Lipinski definition) is 0. The van der Waals surface area contributed by atoms with Crippen molar-refractivity contribution in [2.45, 2.75) is 11.8 Å². The summed E-state index contributed by atoms with van der Waals surface area (Å²) in [4.78, 5) is 13.4. The summed E-state index contributed by atoms with van der Waals surface area (Å²) in [6.07, 6.45) is 4.03. The summed E-state index contributed by atoms with van der Waals surface area (Å²) in [5.41, 5.74) is 1.86. The molecule has 0 bridgehead atoms. The highest BCUT2D eigenvalue weighted by Gasteiger charge is 2.28. The van der Waals surface area contributed by atoms with E-state index >= 15 is 0 Å². The van der Waals surface area contributed by atoms with Crippen LogP contribution in [-0.2, 0) is 4.79 Å². The van der Waals surface area contributed by atoms with Gasteiger partial charge in [-0.15, -0.1) is 11.6 Å². The highest BCUT2D eigenvalue weighted by Crippen LogP contribution is 2.24. The minimum atomic E-state index is -0.0803. The summed E-state index contributed by atoms with van der Waals surface area (Å²) in [7, 11) is 0. The number of amides is 1. The lowest BCUT2D eigenvalue weighted by Crippen LogP contribution is -2.24. The molecule has 1 aliphatic heterocycles. The molecule has 2 aromatic rings. The molecule has 5 heteroatoms. The number of carbonyl (C=O) groups is 1. The lowest BCUT2D eigenvalue weighted by atomic mass is 10.2.